The highest BCUT2D eigenvalue weighted by Gasteiger charge is 2.32. The third-order valence-corrected chi connectivity index (χ3v) is 5.62. The fourth-order valence-electron chi connectivity index (χ4n) is 3.11. The minimum absolute atomic E-state index is 0.332. The molecule has 1 aliphatic carbocycles. The molecule has 2 atom stereocenters. The summed E-state index contributed by atoms with van der Waals surface area (Å²) in [5.41, 5.74) is 2.12. The molecule has 0 aliphatic heterocycles. The number of aromatic nitrogens is 4. The van der Waals surface area contributed by atoms with E-state index in [-0.39, 0.29) is 0 Å². The SMILES string of the molecule is CS(=O)(=O)C1C[C@H](CCc2nn[nH]n2)Cc2ccccc21. The quantitative estimate of drug-likeness (QED) is 0.924. The highest BCUT2D eigenvalue weighted by atomic mass is 32.2. The zero-order chi connectivity index (χ0) is 14.9. The van der Waals surface area contributed by atoms with Crippen molar-refractivity contribution in [3.05, 3.63) is 41.2 Å². The highest BCUT2D eigenvalue weighted by molar-refractivity contribution is 7.90. The number of rotatable bonds is 4. The van der Waals surface area contributed by atoms with Gasteiger partial charge in [0.25, 0.3) is 0 Å². The molecule has 1 aromatic heterocycles. The van der Waals surface area contributed by atoms with E-state index < -0.39 is 15.1 Å². The van der Waals surface area contributed by atoms with Gasteiger partial charge in [-0.1, -0.05) is 29.5 Å². The monoisotopic (exact) mass is 306 g/mol. The second-order valence-electron chi connectivity index (χ2n) is 5.69. The van der Waals surface area contributed by atoms with Crippen molar-refractivity contribution in [3.63, 3.8) is 0 Å². The number of tetrazole rings is 1. The lowest BCUT2D eigenvalue weighted by Crippen LogP contribution is -2.24. The first kappa shape index (κ1) is 14.2. The van der Waals surface area contributed by atoms with Crippen LogP contribution in [-0.4, -0.2) is 35.3 Å². The number of fused-ring (bicyclic) bond motifs is 1. The van der Waals surface area contributed by atoms with Crippen molar-refractivity contribution in [2.75, 3.05) is 6.26 Å². The van der Waals surface area contributed by atoms with Gasteiger partial charge in [0.05, 0.1) is 5.25 Å². The molecule has 112 valence electrons. The zero-order valence-corrected chi connectivity index (χ0v) is 12.7. The summed E-state index contributed by atoms with van der Waals surface area (Å²) in [6.07, 6.45) is 4.52. The number of benzene rings is 1. The fraction of sp³-hybridized carbons (Fsp3) is 0.500. The van der Waals surface area contributed by atoms with E-state index in [1.54, 1.807) is 0 Å². The van der Waals surface area contributed by atoms with Crippen LogP contribution < -0.4 is 0 Å². The lowest BCUT2D eigenvalue weighted by Gasteiger charge is -2.30. The Morgan fingerprint density at radius 3 is 2.86 bits per heavy atom. The molecule has 0 spiro atoms. The Labute approximate surface area is 123 Å². The summed E-state index contributed by atoms with van der Waals surface area (Å²) in [6.45, 7) is 0. The Kier molecular flexibility index (Phi) is 3.75. The maximum Gasteiger partial charge on any atom is 0.174 e. The molecule has 2 aromatic rings. The third kappa shape index (κ3) is 3.12. The zero-order valence-electron chi connectivity index (χ0n) is 11.9. The van der Waals surface area contributed by atoms with Gasteiger partial charge in [0.15, 0.2) is 15.7 Å². The first-order chi connectivity index (χ1) is 10.0. The molecule has 21 heavy (non-hydrogen) atoms. The molecule has 1 aromatic carbocycles. The van der Waals surface area contributed by atoms with E-state index in [9.17, 15) is 8.42 Å². The minimum Gasteiger partial charge on any atom is -0.228 e. The molecule has 0 saturated carbocycles. The van der Waals surface area contributed by atoms with Gasteiger partial charge in [-0.15, -0.1) is 10.2 Å². The molecule has 0 bridgehead atoms. The van der Waals surface area contributed by atoms with Crippen molar-refractivity contribution in [2.24, 2.45) is 5.92 Å². The first-order valence-electron chi connectivity index (χ1n) is 7.03. The van der Waals surface area contributed by atoms with Crippen LogP contribution in [0.5, 0.6) is 0 Å². The molecule has 1 N–H and O–H groups in total. The average Bonchev–Trinajstić information content (AvgIpc) is 2.96. The smallest absolute Gasteiger partial charge is 0.174 e. The highest BCUT2D eigenvalue weighted by Crippen LogP contribution is 2.39. The Morgan fingerprint density at radius 2 is 2.14 bits per heavy atom. The van der Waals surface area contributed by atoms with Crippen LogP contribution in [0.25, 0.3) is 0 Å². The predicted octanol–water partition coefficient (Wildman–Crippen LogP) is 1.48. The Bertz CT molecular complexity index is 712. The van der Waals surface area contributed by atoms with Crippen molar-refractivity contribution in [1.29, 1.82) is 0 Å². The standard InChI is InChI=1S/C14H18N4O2S/c1-21(19,20)13-9-10(6-7-14-15-17-18-16-14)8-11-4-2-3-5-12(11)13/h2-5,10,13H,6-9H2,1H3,(H,15,16,17,18)/t10-,13?/m1/s1. The van der Waals surface area contributed by atoms with E-state index in [0.29, 0.717) is 18.2 Å². The number of hydrogen-bond donors (Lipinski definition) is 1. The molecule has 0 saturated heterocycles. The van der Waals surface area contributed by atoms with Gasteiger partial charge in [-0.25, -0.2) is 8.42 Å². The molecular formula is C14H18N4O2S. The lowest BCUT2D eigenvalue weighted by atomic mass is 9.81. The van der Waals surface area contributed by atoms with E-state index in [4.69, 9.17) is 0 Å². The maximum absolute atomic E-state index is 12.1. The van der Waals surface area contributed by atoms with Crippen LogP contribution in [0.1, 0.15) is 35.0 Å². The van der Waals surface area contributed by atoms with Gasteiger partial charge in [0, 0.05) is 12.7 Å². The van der Waals surface area contributed by atoms with Crippen molar-refractivity contribution in [1.82, 2.24) is 20.6 Å². The molecule has 6 nitrogen and oxygen atoms in total. The van der Waals surface area contributed by atoms with Gasteiger partial charge in [-0.05, 0) is 36.3 Å². The molecule has 0 fully saturated rings. The molecular weight excluding hydrogens is 288 g/mol. The van der Waals surface area contributed by atoms with Gasteiger partial charge >= 0.3 is 0 Å². The van der Waals surface area contributed by atoms with Crippen LogP contribution in [-0.2, 0) is 22.7 Å². The molecule has 0 amide bonds. The number of nitrogens with zero attached hydrogens (tertiary/aromatic N) is 3. The summed E-state index contributed by atoms with van der Waals surface area (Å²) in [4.78, 5) is 0. The maximum atomic E-state index is 12.1. The van der Waals surface area contributed by atoms with Crippen molar-refractivity contribution < 1.29 is 8.42 Å². The molecule has 3 rings (SSSR count). The van der Waals surface area contributed by atoms with E-state index in [0.717, 1.165) is 30.4 Å². The predicted molar refractivity (Wildman–Crippen MR) is 78.3 cm³/mol. The first-order valence-corrected chi connectivity index (χ1v) is 8.98. The van der Waals surface area contributed by atoms with Crippen molar-refractivity contribution >= 4 is 9.84 Å². The van der Waals surface area contributed by atoms with E-state index >= 15 is 0 Å². The Balaban J connectivity index is 1.80. The van der Waals surface area contributed by atoms with E-state index in [1.807, 2.05) is 24.3 Å². The molecule has 1 unspecified atom stereocenters. The number of aromatic amines is 1. The van der Waals surface area contributed by atoms with E-state index in [1.165, 1.54) is 6.26 Å². The summed E-state index contributed by atoms with van der Waals surface area (Å²) in [5.74, 6) is 1.02. The van der Waals surface area contributed by atoms with Crippen LogP contribution in [0.3, 0.4) is 0 Å². The third-order valence-electron chi connectivity index (χ3n) is 4.14. The average molecular weight is 306 g/mol. The van der Waals surface area contributed by atoms with Crippen LogP contribution >= 0.6 is 0 Å². The molecule has 1 aliphatic rings. The van der Waals surface area contributed by atoms with Crippen LogP contribution in [0.15, 0.2) is 24.3 Å². The van der Waals surface area contributed by atoms with Crippen LogP contribution in [0.4, 0.5) is 0 Å². The second-order valence-corrected chi connectivity index (χ2v) is 7.92. The summed E-state index contributed by atoms with van der Waals surface area (Å²) < 4.78 is 24.2. The topological polar surface area (TPSA) is 88.6 Å². The molecule has 0 radical (unpaired) electrons. The summed E-state index contributed by atoms with van der Waals surface area (Å²) in [5, 5.41) is 13.5. The van der Waals surface area contributed by atoms with Gasteiger partial charge in [-0.2, -0.15) is 5.21 Å². The van der Waals surface area contributed by atoms with Gasteiger partial charge in [0.1, 0.15) is 0 Å². The van der Waals surface area contributed by atoms with Crippen LogP contribution in [0.2, 0.25) is 0 Å². The number of hydrogen-bond acceptors (Lipinski definition) is 5. The number of H-pyrrole nitrogens is 1. The number of sulfone groups is 1. The summed E-state index contributed by atoms with van der Waals surface area (Å²) in [7, 11) is -3.09. The minimum atomic E-state index is -3.09. The second kappa shape index (κ2) is 5.55. The molecule has 7 heteroatoms. The normalized spacial score (nSPS) is 22.0. The molecule has 1 heterocycles. The van der Waals surface area contributed by atoms with Gasteiger partial charge < -0.3 is 0 Å². The van der Waals surface area contributed by atoms with Crippen molar-refractivity contribution in [2.45, 2.75) is 30.9 Å². The fourth-order valence-corrected chi connectivity index (χ4v) is 4.42. The lowest BCUT2D eigenvalue weighted by molar-refractivity contribution is 0.410. The summed E-state index contributed by atoms with van der Waals surface area (Å²) >= 11 is 0. The number of nitrogens with one attached hydrogen (secondary N) is 1. The van der Waals surface area contributed by atoms with Gasteiger partial charge in [-0.3, -0.25) is 0 Å². The Hall–Kier alpha value is -1.76. The van der Waals surface area contributed by atoms with Crippen LogP contribution in [0, 0.1) is 5.92 Å². The van der Waals surface area contributed by atoms with Gasteiger partial charge in [0.2, 0.25) is 0 Å². The van der Waals surface area contributed by atoms with Crippen molar-refractivity contribution in [3.8, 4) is 0 Å². The van der Waals surface area contributed by atoms with E-state index in [2.05, 4.69) is 20.6 Å². The number of aryl methyl sites for hydroxylation is 1. The Morgan fingerprint density at radius 1 is 1.33 bits per heavy atom. The summed E-state index contributed by atoms with van der Waals surface area (Å²) in [6, 6.07) is 7.86. The largest absolute Gasteiger partial charge is 0.228 e.